The van der Waals surface area contributed by atoms with Gasteiger partial charge in [-0.2, -0.15) is 5.10 Å². The second-order valence-electron chi connectivity index (χ2n) is 7.65. The molecule has 0 atom stereocenters. The van der Waals surface area contributed by atoms with Crippen LogP contribution in [-0.4, -0.2) is 49.6 Å². The number of methoxy groups -OCH3 is 2. The van der Waals surface area contributed by atoms with Crippen LogP contribution in [0.2, 0.25) is 0 Å². The molecule has 0 amide bonds. The fraction of sp³-hybridized carbons (Fsp3) is 0.208. The van der Waals surface area contributed by atoms with Crippen molar-refractivity contribution in [3.05, 3.63) is 58.8 Å². The molecule has 4 heterocycles. The van der Waals surface area contributed by atoms with Gasteiger partial charge >= 0.3 is 0 Å². The molecule has 0 fully saturated rings. The molecule has 5 rings (SSSR count). The molecule has 1 aromatic carbocycles. The van der Waals surface area contributed by atoms with Crippen molar-refractivity contribution in [3.8, 4) is 22.9 Å². The molecule has 0 radical (unpaired) electrons. The van der Waals surface area contributed by atoms with Crippen molar-refractivity contribution in [3.63, 3.8) is 0 Å². The van der Waals surface area contributed by atoms with Gasteiger partial charge in [0.1, 0.15) is 22.6 Å². The van der Waals surface area contributed by atoms with Gasteiger partial charge in [0.15, 0.2) is 11.5 Å². The van der Waals surface area contributed by atoms with Crippen LogP contribution in [0.3, 0.4) is 0 Å². The predicted molar refractivity (Wildman–Crippen MR) is 130 cm³/mol. The van der Waals surface area contributed by atoms with Gasteiger partial charge in [-0.1, -0.05) is 6.07 Å². The van der Waals surface area contributed by atoms with Crippen LogP contribution >= 0.6 is 0 Å². The highest BCUT2D eigenvalue weighted by Gasteiger charge is 2.21. The van der Waals surface area contributed by atoms with Crippen molar-refractivity contribution in [2.45, 2.75) is 20.4 Å². The van der Waals surface area contributed by atoms with Gasteiger partial charge in [0.05, 0.1) is 42.2 Å². The SMILES string of the molecule is CCn1cc2[nH]c(=O)c(-c3nc4cc(OC)c(OC)cc4[nH]3)c(/N=C(/C)c3ccccn3)c2n1. The summed E-state index contributed by atoms with van der Waals surface area (Å²) >= 11 is 0. The maximum absolute atomic E-state index is 13.3. The first-order chi connectivity index (χ1) is 16.5. The number of benzene rings is 1. The van der Waals surface area contributed by atoms with E-state index in [1.165, 1.54) is 0 Å². The lowest BCUT2D eigenvalue weighted by molar-refractivity contribution is 0.356. The molecule has 0 aliphatic rings. The van der Waals surface area contributed by atoms with Gasteiger partial charge in [0, 0.05) is 31.1 Å². The summed E-state index contributed by atoms with van der Waals surface area (Å²) in [7, 11) is 3.13. The van der Waals surface area contributed by atoms with E-state index in [-0.39, 0.29) is 5.56 Å². The van der Waals surface area contributed by atoms with Gasteiger partial charge < -0.3 is 19.4 Å². The first-order valence-corrected chi connectivity index (χ1v) is 10.7. The van der Waals surface area contributed by atoms with Crippen LogP contribution in [0.25, 0.3) is 33.5 Å². The van der Waals surface area contributed by atoms with Crippen LogP contribution in [0.4, 0.5) is 5.69 Å². The van der Waals surface area contributed by atoms with E-state index in [4.69, 9.17) is 14.5 Å². The molecule has 0 bridgehead atoms. The van der Waals surface area contributed by atoms with E-state index in [1.807, 2.05) is 32.0 Å². The van der Waals surface area contributed by atoms with Crippen molar-refractivity contribution in [2.24, 2.45) is 4.99 Å². The average molecular weight is 457 g/mol. The first kappa shape index (κ1) is 21.4. The number of aromatic amines is 2. The van der Waals surface area contributed by atoms with E-state index in [0.29, 0.717) is 68.6 Å². The molecule has 10 nitrogen and oxygen atoms in total. The minimum absolute atomic E-state index is 0.290. The number of hydrogen-bond donors (Lipinski definition) is 2. The van der Waals surface area contributed by atoms with Crippen LogP contribution in [0.5, 0.6) is 11.5 Å². The molecule has 172 valence electrons. The standard InChI is InChI=1S/C24H23N7O3/c1-5-31-12-17-21(30-31)22(26-13(2)14-8-6-7-9-25-14)20(24(32)29-17)23-27-15-10-18(33-3)19(34-4)11-16(15)28-23/h6-12H,5H2,1-4H3,(H,27,28)(H,29,32)/b26-13-. The molecule has 5 aromatic rings. The third-order valence-electron chi connectivity index (χ3n) is 5.56. The zero-order valence-electron chi connectivity index (χ0n) is 19.2. The summed E-state index contributed by atoms with van der Waals surface area (Å²) < 4.78 is 12.5. The van der Waals surface area contributed by atoms with Crippen LogP contribution in [-0.2, 0) is 6.54 Å². The smallest absolute Gasteiger partial charge is 0.261 e. The van der Waals surface area contributed by atoms with Gasteiger partial charge in [-0.3, -0.25) is 14.5 Å². The molecule has 0 aliphatic carbocycles. The minimum Gasteiger partial charge on any atom is -0.493 e. The van der Waals surface area contributed by atoms with E-state index in [9.17, 15) is 4.79 Å². The second kappa shape index (κ2) is 8.47. The van der Waals surface area contributed by atoms with Crippen LogP contribution in [0.15, 0.2) is 52.5 Å². The molecular weight excluding hydrogens is 434 g/mol. The zero-order valence-corrected chi connectivity index (χ0v) is 19.2. The zero-order chi connectivity index (χ0) is 23.8. The highest BCUT2D eigenvalue weighted by atomic mass is 16.5. The Kier molecular flexibility index (Phi) is 5.33. The summed E-state index contributed by atoms with van der Waals surface area (Å²) in [5.41, 5.74) is 4.24. The maximum atomic E-state index is 13.3. The summed E-state index contributed by atoms with van der Waals surface area (Å²) in [6, 6.07) is 9.14. The summed E-state index contributed by atoms with van der Waals surface area (Å²) in [5.74, 6) is 1.47. The number of pyridine rings is 2. The number of imidazole rings is 1. The predicted octanol–water partition coefficient (Wildman–Crippen LogP) is 3.84. The van der Waals surface area contributed by atoms with Crippen molar-refractivity contribution >= 4 is 33.5 Å². The van der Waals surface area contributed by atoms with Gasteiger partial charge in [-0.05, 0) is 26.0 Å². The van der Waals surface area contributed by atoms with E-state index in [0.717, 1.165) is 0 Å². The third kappa shape index (κ3) is 3.58. The first-order valence-electron chi connectivity index (χ1n) is 10.7. The molecule has 4 aromatic heterocycles. The van der Waals surface area contributed by atoms with Crippen molar-refractivity contribution in [1.82, 2.24) is 29.7 Å². The number of H-pyrrole nitrogens is 2. The topological polar surface area (TPSA) is 123 Å². The van der Waals surface area contributed by atoms with Crippen LogP contribution < -0.4 is 15.0 Å². The summed E-state index contributed by atoms with van der Waals surface area (Å²) in [4.78, 5) is 33.3. The Hall–Kier alpha value is -4.47. The Labute approximate surface area is 194 Å². The molecular formula is C24H23N7O3. The molecule has 0 saturated carbocycles. The van der Waals surface area contributed by atoms with Crippen LogP contribution in [0.1, 0.15) is 19.5 Å². The Bertz CT molecular complexity index is 1560. The number of fused-ring (bicyclic) bond motifs is 2. The molecule has 0 aliphatic heterocycles. The molecule has 0 unspecified atom stereocenters. The molecule has 2 N–H and O–H groups in total. The minimum atomic E-state index is -0.325. The highest BCUT2D eigenvalue weighted by molar-refractivity contribution is 6.03. The normalized spacial score (nSPS) is 11.9. The lowest BCUT2D eigenvalue weighted by Crippen LogP contribution is -2.10. The quantitative estimate of drug-likeness (QED) is 0.374. The number of nitrogens with zero attached hydrogens (tertiary/aromatic N) is 5. The number of aryl methyl sites for hydroxylation is 1. The number of rotatable bonds is 6. The fourth-order valence-electron chi connectivity index (χ4n) is 3.85. The van der Waals surface area contributed by atoms with E-state index >= 15 is 0 Å². The lowest BCUT2D eigenvalue weighted by atomic mass is 10.1. The molecule has 0 spiro atoms. The van der Waals surface area contributed by atoms with E-state index in [2.05, 4.69) is 25.0 Å². The lowest BCUT2D eigenvalue weighted by Gasteiger charge is -2.06. The monoisotopic (exact) mass is 457 g/mol. The van der Waals surface area contributed by atoms with Gasteiger partial charge in [0.2, 0.25) is 0 Å². The van der Waals surface area contributed by atoms with E-state index in [1.54, 1.807) is 43.4 Å². The summed E-state index contributed by atoms with van der Waals surface area (Å²) in [5, 5.41) is 4.65. The number of hydrogen-bond acceptors (Lipinski definition) is 7. The average Bonchev–Trinajstić information content (AvgIpc) is 3.46. The Balaban J connectivity index is 1.79. The van der Waals surface area contributed by atoms with Crippen molar-refractivity contribution in [2.75, 3.05) is 14.2 Å². The van der Waals surface area contributed by atoms with Gasteiger partial charge in [-0.15, -0.1) is 0 Å². The number of aromatic nitrogens is 6. The number of ether oxygens (including phenoxy) is 2. The van der Waals surface area contributed by atoms with Crippen molar-refractivity contribution < 1.29 is 9.47 Å². The molecule has 10 heteroatoms. The molecule has 0 saturated heterocycles. The largest absolute Gasteiger partial charge is 0.493 e. The van der Waals surface area contributed by atoms with Crippen LogP contribution in [0, 0.1) is 0 Å². The second-order valence-corrected chi connectivity index (χ2v) is 7.65. The van der Waals surface area contributed by atoms with Gasteiger partial charge in [0.25, 0.3) is 5.56 Å². The Morgan fingerprint density at radius 1 is 1.12 bits per heavy atom. The number of aliphatic imine (C=N–C) groups is 1. The van der Waals surface area contributed by atoms with Gasteiger partial charge in [-0.25, -0.2) is 9.98 Å². The Morgan fingerprint density at radius 3 is 2.62 bits per heavy atom. The summed E-state index contributed by atoms with van der Waals surface area (Å²) in [6.07, 6.45) is 3.50. The third-order valence-corrected chi connectivity index (χ3v) is 5.56. The fourth-order valence-corrected chi connectivity index (χ4v) is 3.85. The maximum Gasteiger partial charge on any atom is 0.261 e. The number of nitrogens with one attached hydrogen (secondary N) is 2. The van der Waals surface area contributed by atoms with Crippen molar-refractivity contribution in [1.29, 1.82) is 0 Å². The highest BCUT2D eigenvalue weighted by Crippen LogP contribution is 2.36. The Morgan fingerprint density at radius 2 is 1.91 bits per heavy atom. The van der Waals surface area contributed by atoms with E-state index < -0.39 is 0 Å². The molecule has 34 heavy (non-hydrogen) atoms. The summed E-state index contributed by atoms with van der Waals surface area (Å²) in [6.45, 7) is 4.48.